The summed E-state index contributed by atoms with van der Waals surface area (Å²) in [5.41, 5.74) is 0.139. The highest BCUT2D eigenvalue weighted by molar-refractivity contribution is 7.89. The molecular weight excluding hydrogens is 307 g/mol. The summed E-state index contributed by atoms with van der Waals surface area (Å²) in [6, 6.07) is 4.06. The van der Waals surface area contributed by atoms with Gasteiger partial charge >= 0.3 is 0 Å². The largest absolute Gasteiger partial charge is 0.393 e. The summed E-state index contributed by atoms with van der Waals surface area (Å²) in [7, 11) is -3.67. The van der Waals surface area contributed by atoms with Crippen LogP contribution in [0.4, 0.5) is 4.39 Å². The number of aliphatic hydroxyl groups is 1. The SMILES string of the molecule is Cc1c(F)cccc1S(=O)(=O)NCCCN1CCC(O)CC1. The van der Waals surface area contributed by atoms with E-state index in [1.54, 1.807) is 0 Å². The number of benzene rings is 1. The molecule has 0 aliphatic carbocycles. The highest BCUT2D eigenvalue weighted by atomic mass is 32.2. The van der Waals surface area contributed by atoms with Gasteiger partial charge in [0.15, 0.2) is 0 Å². The predicted molar refractivity (Wildman–Crippen MR) is 82.6 cm³/mol. The molecule has 7 heteroatoms. The van der Waals surface area contributed by atoms with Gasteiger partial charge in [-0.3, -0.25) is 0 Å². The molecular formula is C15H23FN2O3S. The van der Waals surface area contributed by atoms with E-state index in [1.165, 1.54) is 25.1 Å². The average Bonchev–Trinajstić information content (AvgIpc) is 2.48. The number of nitrogens with zero attached hydrogens (tertiary/aromatic N) is 1. The van der Waals surface area contributed by atoms with Crippen LogP contribution in [-0.2, 0) is 10.0 Å². The van der Waals surface area contributed by atoms with Crippen LogP contribution in [0.1, 0.15) is 24.8 Å². The lowest BCUT2D eigenvalue weighted by molar-refractivity contribution is 0.0823. The van der Waals surface area contributed by atoms with E-state index in [0.29, 0.717) is 13.0 Å². The Hall–Kier alpha value is -1.02. The number of halogens is 1. The van der Waals surface area contributed by atoms with Crippen molar-refractivity contribution in [3.8, 4) is 0 Å². The standard InChI is InChI=1S/C15H23FN2O3S/c1-12-14(16)4-2-5-15(12)22(20,21)17-8-3-9-18-10-6-13(19)7-11-18/h2,4-5,13,17,19H,3,6-11H2,1H3. The van der Waals surface area contributed by atoms with E-state index < -0.39 is 15.8 Å². The molecule has 1 heterocycles. The van der Waals surface area contributed by atoms with Crippen LogP contribution < -0.4 is 4.72 Å². The molecule has 22 heavy (non-hydrogen) atoms. The maximum absolute atomic E-state index is 13.5. The Morgan fingerprint density at radius 2 is 2.05 bits per heavy atom. The van der Waals surface area contributed by atoms with Crippen LogP contribution in [0.5, 0.6) is 0 Å². The number of aliphatic hydroxyl groups excluding tert-OH is 1. The Bertz CT molecular complexity index is 599. The minimum absolute atomic E-state index is 0.00593. The minimum Gasteiger partial charge on any atom is -0.393 e. The van der Waals surface area contributed by atoms with Gasteiger partial charge in [-0.25, -0.2) is 17.5 Å². The van der Waals surface area contributed by atoms with Crippen LogP contribution >= 0.6 is 0 Å². The summed E-state index contributed by atoms with van der Waals surface area (Å²) < 4.78 is 40.3. The maximum atomic E-state index is 13.5. The lowest BCUT2D eigenvalue weighted by Crippen LogP contribution is -2.37. The van der Waals surface area contributed by atoms with E-state index in [4.69, 9.17) is 0 Å². The lowest BCUT2D eigenvalue weighted by atomic mass is 10.1. The smallest absolute Gasteiger partial charge is 0.240 e. The van der Waals surface area contributed by atoms with Crippen LogP contribution in [0.3, 0.4) is 0 Å². The Morgan fingerprint density at radius 1 is 1.36 bits per heavy atom. The van der Waals surface area contributed by atoms with E-state index in [0.717, 1.165) is 32.5 Å². The minimum atomic E-state index is -3.67. The first-order valence-electron chi connectivity index (χ1n) is 7.55. The first-order valence-corrected chi connectivity index (χ1v) is 9.03. The molecule has 1 aliphatic heterocycles. The highest BCUT2D eigenvalue weighted by Gasteiger charge is 2.19. The van der Waals surface area contributed by atoms with Gasteiger partial charge in [-0.05, 0) is 44.9 Å². The number of likely N-dealkylation sites (tertiary alicyclic amines) is 1. The first-order chi connectivity index (χ1) is 10.4. The van der Waals surface area contributed by atoms with Crippen LogP contribution in [0.15, 0.2) is 23.1 Å². The second kappa shape index (κ2) is 7.50. The molecule has 1 saturated heterocycles. The third-order valence-corrected chi connectivity index (χ3v) is 5.61. The van der Waals surface area contributed by atoms with Crippen LogP contribution in [0.25, 0.3) is 0 Å². The van der Waals surface area contributed by atoms with Crippen molar-refractivity contribution in [2.24, 2.45) is 0 Å². The summed E-state index contributed by atoms with van der Waals surface area (Å²) in [5, 5.41) is 9.43. The Kier molecular flexibility index (Phi) is 5.91. The summed E-state index contributed by atoms with van der Waals surface area (Å²) in [6.07, 6.45) is 2.03. The van der Waals surface area contributed by atoms with Gasteiger partial charge in [-0.15, -0.1) is 0 Å². The molecule has 0 spiro atoms. The molecule has 0 saturated carbocycles. The molecule has 0 bridgehead atoms. The van der Waals surface area contributed by atoms with Gasteiger partial charge in [-0.2, -0.15) is 0 Å². The second-order valence-electron chi connectivity index (χ2n) is 5.69. The molecule has 2 rings (SSSR count). The third-order valence-electron chi connectivity index (χ3n) is 4.01. The maximum Gasteiger partial charge on any atom is 0.240 e. The summed E-state index contributed by atoms with van der Waals surface area (Å²) in [5.74, 6) is -0.519. The number of hydrogen-bond donors (Lipinski definition) is 2. The zero-order valence-electron chi connectivity index (χ0n) is 12.8. The number of piperidine rings is 1. The Morgan fingerprint density at radius 3 is 2.73 bits per heavy atom. The van der Waals surface area contributed by atoms with E-state index >= 15 is 0 Å². The average molecular weight is 330 g/mol. The molecule has 1 aromatic carbocycles. The van der Waals surface area contributed by atoms with Crippen LogP contribution in [0, 0.1) is 12.7 Å². The predicted octanol–water partition coefficient (Wildman–Crippen LogP) is 1.26. The molecule has 2 N–H and O–H groups in total. The van der Waals surface area contributed by atoms with Crippen LogP contribution in [-0.4, -0.2) is 50.7 Å². The quantitative estimate of drug-likeness (QED) is 0.771. The van der Waals surface area contributed by atoms with E-state index in [-0.39, 0.29) is 16.6 Å². The molecule has 0 unspecified atom stereocenters. The van der Waals surface area contributed by atoms with Crippen molar-refractivity contribution in [2.45, 2.75) is 37.2 Å². The topological polar surface area (TPSA) is 69.6 Å². The van der Waals surface area contributed by atoms with E-state index in [9.17, 15) is 17.9 Å². The Balaban J connectivity index is 1.82. The number of nitrogens with one attached hydrogen (secondary N) is 1. The number of rotatable bonds is 6. The highest BCUT2D eigenvalue weighted by Crippen LogP contribution is 2.17. The van der Waals surface area contributed by atoms with Crippen molar-refractivity contribution >= 4 is 10.0 Å². The normalized spacial score (nSPS) is 17.8. The summed E-state index contributed by atoms with van der Waals surface area (Å²) >= 11 is 0. The third kappa shape index (κ3) is 4.49. The van der Waals surface area contributed by atoms with Crippen molar-refractivity contribution < 1.29 is 17.9 Å². The molecule has 124 valence electrons. The zero-order chi connectivity index (χ0) is 16.2. The summed E-state index contributed by atoms with van der Waals surface area (Å²) in [4.78, 5) is 2.21. The molecule has 0 atom stereocenters. The van der Waals surface area contributed by atoms with Crippen molar-refractivity contribution in [3.05, 3.63) is 29.6 Å². The first kappa shape index (κ1) is 17.3. The second-order valence-corrected chi connectivity index (χ2v) is 7.42. The number of sulfonamides is 1. The molecule has 1 aromatic rings. The monoisotopic (exact) mass is 330 g/mol. The molecule has 0 aromatic heterocycles. The van der Waals surface area contributed by atoms with E-state index in [1.807, 2.05) is 0 Å². The Labute approximate surface area is 131 Å². The summed E-state index contributed by atoms with van der Waals surface area (Å²) in [6.45, 7) is 4.26. The molecule has 1 aliphatic rings. The lowest BCUT2D eigenvalue weighted by Gasteiger charge is -2.29. The van der Waals surface area contributed by atoms with Gasteiger partial charge in [0.05, 0.1) is 11.0 Å². The van der Waals surface area contributed by atoms with Gasteiger partial charge in [0.2, 0.25) is 10.0 Å². The fraction of sp³-hybridized carbons (Fsp3) is 0.600. The molecule has 5 nitrogen and oxygen atoms in total. The molecule has 1 fully saturated rings. The van der Waals surface area contributed by atoms with Gasteiger partial charge in [0.1, 0.15) is 5.82 Å². The van der Waals surface area contributed by atoms with Gasteiger partial charge in [0.25, 0.3) is 0 Å². The van der Waals surface area contributed by atoms with Crippen molar-refractivity contribution in [1.82, 2.24) is 9.62 Å². The van der Waals surface area contributed by atoms with E-state index in [2.05, 4.69) is 9.62 Å². The number of hydrogen-bond acceptors (Lipinski definition) is 4. The fourth-order valence-corrected chi connectivity index (χ4v) is 3.94. The van der Waals surface area contributed by atoms with Crippen LogP contribution in [0.2, 0.25) is 0 Å². The van der Waals surface area contributed by atoms with Crippen molar-refractivity contribution in [3.63, 3.8) is 0 Å². The van der Waals surface area contributed by atoms with Crippen molar-refractivity contribution in [2.75, 3.05) is 26.2 Å². The van der Waals surface area contributed by atoms with Gasteiger partial charge in [0, 0.05) is 25.2 Å². The van der Waals surface area contributed by atoms with Crippen molar-refractivity contribution in [1.29, 1.82) is 0 Å². The molecule has 0 radical (unpaired) electrons. The zero-order valence-corrected chi connectivity index (χ0v) is 13.6. The molecule has 0 amide bonds. The van der Waals surface area contributed by atoms with Gasteiger partial charge < -0.3 is 10.0 Å². The fourth-order valence-electron chi connectivity index (χ4n) is 2.61. The van der Waals surface area contributed by atoms with Gasteiger partial charge in [-0.1, -0.05) is 6.07 Å².